The summed E-state index contributed by atoms with van der Waals surface area (Å²) in [5.74, 6) is 0.425. The Morgan fingerprint density at radius 1 is 1.00 bits per heavy atom. The fourth-order valence-corrected chi connectivity index (χ4v) is 2.27. The number of nitrogens with one attached hydrogen (secondary N) is 1. The number of anilines is 1. The van der Waals surface area contributed by atoms with Gasteiger partial charge in [0.05, 0.1) is 23.7 Å². The average Bonchev–Trinajstić information content (AvgIpc) is 2.64. The number of rotatable bonds is 5. The molecule has 0 spiro atoms. The van der Waals surface area contributed by atoms with Crippen molar-refractivity contribution in [3.8, 4) is 17.1 Å². The second kappa shape index (κ2) is 7.37. The van der Waals surface area contributed by atoms with Gasteiger partial charge in [-0.2, -0.15) is 0 Å². The molecule has 1 amide bonds. The highest BCUT2D eigenvalue weighted by Crippen LogP contribution is 2.24. The van der Waals surface area contributed by atoms with E-state index >= 15 is 0 Å². The molecule has 0 aliphatic carbocycles. The van der Waals surface area contributed by atoms with Crippen molar-refractivity contribution in [1.29, 1.82) is 0 Å². The van der Waals surface area contributed by atoms with Gasteiger partial charge < -0.3 is 10.1 Å². The van der Waals surface area contributed by atoms with Crippen molar-refractivity contribution in [2.75, 3.05) is 11.9 Å². The van der Waals surface area contributed by atoms with Crippen LogP contribution in [0.5, 0.6) is 5.75 Å². The summed E-state index contributed by atoms with van der Waals surface area (Å²) in [7, 11) is 0. The molecule has 0 aliphatic heterocycles. The van der Waals surface area contributed by atoms with Crippen LogP contribution in [0.1, 0.15) is 17.3 Å². The van der Waals surface area contributed by atoms with Crippen LogP contribution in [0.15, 0.2) is 67.0 Å². The number of para-hydroxylation sites is 2. The zero-order valence-electron chi connectivity index (χ0n) is 13.3. The maximum Gasteiger partial charge on any atom is 0.255 e. The monoisotopic (exact) mass is 319 g/mol. The third kappa shape index (κ3) is 3.57. The lowest BCUT2D eigenvalue weighted by Gasteiger charge is -2.11. The molecule has 0 unspecified atom stereocenters. The first-order chi connectivity index (χ1) is 11.8. The topological polar surface area (TPSA) is 64.1 Å². The number of benzene rings is 1. The minimum Gasteiger partial charge on any atom is -0.492 e. The summed E-state index contributed by atoms with van der Waals surface area (Å²) in [4.78, 5) is 21.1. The minimum absolute atomic E-state index is 0.221. The van der Waals surface area contributed by atoms with Crippen molar-refractivity contribution < 1.29 is 9.53 Å². The Bertz CT molecular complexity index is 835. The molecule has 0 bridgehead atoms. The van der Waals surface area contributed by atoms with Crippen LogP contribution in [-0.4, -0.2) is 22.5 Å². The van der Waals surface area contributed by atoms with E-state index in [2.05, 4.69) is 15.3 Å². The Morgan fingerprint density at radius 3 is 2.58 bits per heavy atom. The van der Waals surface area contributed by atoms with Gasteiger partial charge in [-0.3, -0.25) is 14.8 Å². The molecule has 1 N–H and O–H groups in total. The van der Waals surface area contributed by atoms with Gasteiger partial charge in [-0.1, -0.05) is 18.2 Å². The molecule has 3 aromatic rings. The molecule has 3 rings (SSSR count). The normalized spacial score (nSPS) is 10.2. The van der Waals surface area contributed by atoms with Crippen molar-refractivity contribution in [2.24, 2.45) is 0 Å². The maximum atomic E-state index is 12.5. The van der Waals surface area contributed by atoms with Gasteiger partial charge in [-0.15, -0.1) is 0 Å². The highest BCUT2D eigenvalue weighted by molar-refractivity contribution is 6.05. The van der Waals surface area contributed by atoms with E-state index in [9.17, 15) is 4.79 Å². The molecule has 1 aromatic carbocycles. The number of nitrogens with zero attached hydrogens (tertiary/aromatic N) is 2. The summed E-state index contributed by atoms with van der Waals surface area (Å²) in [6.45, 7) is 2.44. The molecule has 0 saturated carbocycles. The second-order valence-electron chi connectivity index (χ2n) is 5.03. The van der Waals surface area contributed by atoms with Gasteiger partial charge in [0, 0.05) is 18.0 Å². The van der Waals surface area contributed by atoms with Crippen LogP contribution in [0.4, 0.5) is 5.69 Å². The zero-order valence-corrected chi connectivity index (χ0v) is 13.3. The predicted molar refractivity (Wildman–Crippen MR) is 93.0 cm³/mol. The molecule has 0 atom stereocenters. The molecule has 5 heteroatoms. The van der Waals surface area contributed by atoms with Crippen LogP contribution in [0.3, 0.4) is 0 Å². The molecule has 0 radical (unpaired) electrons. The highest BCUT2D eigenvalue weighted by atomic mass is 16.5. The largest absolute Gasteiger partial charge is 0.492 e. The van der Waals surface area contributed by atoms with E-state index in [0.717, 1.165) is 5.69 Å². The fraction of sp³-hybridized carbons (Fsp3) is 0.105. The van der Waals surface area contributed by atoms with E-state index in [1.807, 2.05) is 49.4 Å². The number of aromatic nitrogens is 2. The predicted octanol–water partition coefficient (Wildman–Crippen LogP) is 3.79. The van der Waals surface area contributed by atoms with E-state index < -0.39 is 0 Å². The number of hydrogen-bond acceptors (Lipinski definition) is 4. The smallest absolute Gasteiger partial charge is 0.255 e. The molecule has 0 fully saturated rings. The standard InChI is InChI=1S/C19H17N3O2/c1-2-24-18-9-4-3-8-16(18)22-19(23)14-10-12-21-17(13-14)15-7-5-6-11-20-15/h3-13H,2H2,1H3,(H,22,23). The van der Waals surface area contributed by atoms with E-state index in [1.165, 1.54) is 0 Å². The van der Waals surface area contributed by atoms with Crippen molar-refractivity contribution in [3.63, 3.8) is 0 Å². The first-order valence-electron chi connectivity index (χ1n) is 7.68. The van der Waals surface area contributed by atoms with Crippen LogP contribution in [0, 0.1) is 0 Å². The summed E-state index contributed by atoms with van der Waals surface area (Å²) in [5.41, 5.74) is 2.53. The van der Waals surface area contributed by atoms with Crippen molar-refractivity contribution in [3.05, 3.63) is 72.6 Å². The Balaban J connectivity index is 1.84. The number of pyridine rings is 2. The number of ether oxygens (including phenoxy) is 1. The Morgan fingerprint density at radius 2 is 1.79 bits per heavy atom. The van der Waals surface area contributed by atoms with Gasteiger partial charge in [0.25, 0.3) is 5.91 Å². The van der Waals surface area contributed by atoms with E-state index in [-0.39, 0.29) is 5.91 Å². The molecule has 120 valence electrons. The lowest BCUT2D eigenvalue weighted by atomic mass is 10.1. The Hall–Kier alpha value is -3.21. The molecular formula is C19H17N3O2. The lowest BCUT2D eigenvalue weighted by molar-refractivity contribution is 0.102. The number of amides is 1. The van der Waals surface area contributed by atoms with Crippen molar-refractivity contribution in [1.82, 2.24) is 9.97 Å². The van der Waals surface area contributed by atoms with Crippen LogP contribution >= 0.6 is 0 Å². The maximum absolute atomic E-state index is 12.5. The molecule has 0 aliphatic rings. The number of hydrogen-bond donors (Lipinski definition) is 1. The quantitative estimate of drug-likeness (QED) is 0.777. The highest BCUT2D eigenvalue weighted by Gasteiger charge is 2.11. The molecule has 0 saturated heterocycles. The second-order valence-corrected chi connectivity index (χ2v) is 5.03. The SMILES string of the molecule is CCOc1ccccc1NC(=O)c1ccnc(-c2ccccn2)c1. The van der Waals surface area contributed by atoms with Crippen molar-refractivity contribution >= 4 is 11.6 Å². The van der Waals surface area contributed by atoms with Crippen LogP contribution in [-0.2, 0) is 0 Å². The van der Waals surface area contributed by atoms with Gasteiger partial charge in [0.1, 0.15) is 5.75 Å². The van der Waals surface area contributed by atoms with E-state index in [0.29, 0.717) is 29.3 Å². The molecule has 24 heavy (non-hydrogen) atoms. The van der Waals surface area contributed by atoms with Crippen LogP contribution in [0.2, 0.25) is 0 Å². The third-order valence-electron chi connectivity index (χ3n) is 3.38. The van der Waals surface area contributed by atoms with Gasteiger partial charge in [-0.25, -0.2) is 0 Å². The van der Waals surface area contributed by atoms with Crippen molar-refractivity contribution in [2.45, 2.75) is 6.92 Å². The van der Waals surface area contributed by atoms with Crippen LogP contribution < -0.4 is 10.1 Å². The molecule has 5 nitrogen and oxygen atoms in total. The summed E-state index contributed by atoms with van der Waals surface area (Å²) in [6, 6.07) is 16.3. The first-order valence-corrected chi connectivity index (χ1v) is 7.68. The summed E-state index contributed by atoms with van der Waals surface area (Å²) >= 11 is 0. The summed E-state index contributed by atoms with van der Waals surface area (Å²) in [6.07, 6.45) is 3.30. The van der Waals surface area contributed by atoms with E-state index in [4.69, 9.17) is 4.74 Å². The molecular weight excluding hydrogens is 302 g/mol. The zero-order chi connectivity index (χ0) is 16.8. The lowest BCUT2D eigenvalue weighted by Crippen LogP contribution is -2.13. The minimum atomic E-state index is -0.221. The van der Waals surface area contributed by atoms with Gasteiger partial charge >= 0.3 is 0 Å². The Kier molecular flexibility index (Phi) is 4.81. The first kappa shape index (κ1) is 15.7. The summed E-state index contributed by atoms with van der Waals surface area (Å²) in [5, 5.41) is 2.88. The van der Waals surface area contributed by atoms with Gasteiger partial charge in [-0.05, 0) is 43.3 Å². The summed E-state index contributed by atoms with van der Waals surface area (Å²) < 4.78 is 5.53. The molecule has 2 heterocycles. The molecule has 2 aromatic heterocycles. The van der Waals surface area contributed by atoms with Gasteiger partial charge in [0.15, 0.2) is 0 Å². The Labute approximate surface area is 140 Å². The fourth-order valence-electron chi connectivity index (χ4n) is 2.27. The number of carbonyl (C=O) groups is 1. The third-order valence-corrected chi connectivity index (χ3v) is 3.38. The van der Waals surface area contributed by atoms with E-state index in [1.54, 1.807) is 24.5 Å². The van der Waals surface area contributed by atoms with Gasteiger partial charge in [0.2, 0.25) is 0 Å². The average molecular weight is 319 g/mol. The van der Waals surface area contributed by atoms with Crippen LogP contribution in [0.25, 0.3) is 11.4 Å². The number of carbonyl (C=O) groups excluding carboxylic acids is 1.